The van der Waals surface area contributed by atoms with E-state index in [0.29, 0.717) is 18.5 Å². The molecule has 5 rings (SSSR count). The van der Waals surface area contributed by atoms with E-state index in [0.717, 1.165) is 25.5 Å². The molecule has 0 saturated carbocycles. The van der Waals surface area contributed by atoms with E-state index in [4.69, 9.17) is 11.1 Å². The van der Waals surface area contributed by atoms with Gasteiger partial charge in [0.15, 0.2) is 0 Å². The largest absolute Gasteiger partial charge is 0.387 e. The lowest BCUT2D eigenvalue weighted by atomic mass is 9.86. The van der Waals surface area contributed by atoms with Gasteiger partial charge in [-0.25, -0.2) is 4.98 Å². The predicted octanol–water partition coefficient (Wildman–Crippen LogP) is 3.51. The Balaban J connectivity index is 1.13. The summed E-state index contributed by atoms with van der Waals surface area (Å²) in [5.41, 5.74) is 8.77. The average Bonchev–Trinajstić information content (AvgIpc) is 3.60. The first-order valence-electron chi connectivity index (χ1n) is 12.1. The number of nitrogens with zero attached hydrogens (tertiary/aromatic N) is 4. The van der Waals surface area contributed by atoms with Crippen molar-refractivity contribution in [3.63, 3.8) is 0 Å². The molecule has 2 fully saturated rings. The molecule has 2 aromatic heterocycles. The Labute approximate surface area is 206 Å². The van der Waals surface area contributed by atoms with Crippen molar-refractivity contribution in [2.75, 3.05) is 32.7 Å². The minimum absolute atomic E-state index is 0.173. The van der Waals surface area contributed by atoms with Gasteiger partial charge in [-0.05, 0) is 53.9 Å². The van der Waals surface area contributed by atoms with E-state index < -0.39 is 0 Å². The Bertz CT molecular complexity index is 1050. The number of aromatic nitrogens is 2. The van der Waals surface area contributed by atoms with Crippen LogP contribution in [0.2, 0.25) is 0 Å². The van der Waals surface area contributed by atoms with E-state index in [9.17, 15) is 0 Å². The quantitative estimate of drug-likeness (QED) is 0.307. The Hall–Kier alpha value is -2.52. The van der Waals surface area contributed by atoms with Crippen LogP contribution in [0.15, 0.2) is 54.2 Å². The first-order valence-corrected chi connectivity index (χ1v) is 13.0. The third-order valence-corrected chi connectivity index (χ3v) is 8.01. The van der Waals surface area contributed by atoms with Crippen LogP contribution in [0.5, 0.6) is 0 Å². The minimum atomic E-state index is 0.173. The summed E-state index contributed by atoms with van der Waals surface area (Å²) < 4.78 is 0. The first-order chi connectivity index (χ1) is 16.6. The van der Waals surface area contributed by atoms with Crippen LogP contribution in [0.4, 0.5) is 0 Å². The molecule has 1 unspecified atom stereocenters. The molecule has 0 radical (unpaired) electrons. The predicted molar refractivity (Wildman–Crippen MR) is 138 cm³/mol. The maximum absolute atomic E-state index is 7.71. The lowest BCUT2D eigenvalue weighted by molar-refractivity contribution is 0.235. The molecule has 180 valence electrons. The molecule has 1 spiro atoms. The van der Waals surface area contributed by atoms with Crippen molar-refractivity contribution in [3.8, 4) is 0 Å². The lowest BCUT2D eigenvalue weighted by Gasteiger charge is -2.25. The molecule has 2 saturated heterocycles. The van der Waals surface area contributed by atoms with E-state index in [1.54, 1.807) is 6.20 Å². The Morgan fingerprint density at radius 2 is 1.79 bits per heavy atom. The van der Waals surface area contributed by atoms with Gasteiger partial charge < -0.3 is 10.7 Å². The van der Waals surface area contributed by atoms with Crippen LogP contribution in [-0.4, -0.2) is 63.2 Å². The van der Waals surface area contributed by atoms with E-state index in [2.05, 4.69) is 66.4 Å². The molecule has 0 aliphatic carbocycles. The van der Waals surface area contributed by atoms with Gasteiger partial charge in [0.1, 0.15) is 11.7 Å². The Morgan fingerprint density at radius 1 is 1.06 bits per heavy atom. The number of H-pyrrole nitrogens is 1. The average molecular weight is 478 g/mol. The number of likely N-dealkylation sites (tertiary alicyclic amines) is 2. The van der Waals surface area contributed by atoms with Crippen LogP contribution < -0.4 is 5.73 Å². The number of imidazole rings is 1. The highest BCUT2D eigenvalue weighted by molar-refractivity contribution is 7.09. The van der Waals surface area contributed by atoms with Gasteiger partial charge >= 0.3 is 0 Å². The smallest absolute Gasteiger partial charge is 0.120 e. The van der Waals surface area contributed by atoms with Crippen molar-refractivity contribution in [1.29, 1.82) is 5.41 Å². The minimum Gasteiger partial charge on any atom is -0.387 e. The van der Waals surface area contributed by atoms with E-state index >= 15 is 0 Å². The molecule has 1 atom stereocenters. The summed E-state index contributed by atoms with van der Waals surface area (Å²) in [5, 5.41) is 9.89. The second-order valence-electron chi connectivity index (χ2n) is 10.0. The zero-order valence-electron chi connectivity index (χ0n) is 19.7. The van der Waals surface area contributed by atoms with E-state index in [-0.39, 0.29) is 5.84 Å². The van der Waals surface area contributed by atoms with Gasteiger partial charge in [0.2, 0.25) is 0 Å². The highest BCUT2D eigenvalue weighted by atomic mass is 32.1. The fourth-order valence-electron chi connectivity index (χ4n) is 5.55. The normalized spacial score (nSPS) is 21.2. The van der Waals surface area contributed by atoms with Crippen molar-refractivity contribution in [1.82, 2.24) is 24.7 Å². The highest BCUT2D eigenvalue weighted by Crippen LogP contribution is 2.40. The highest BCUT2D eigenvalue weighted by Gasteiger charge is 2.43. The zero-order valence-corrected chi connectivity index (χ0v) is 20.6. The van der Waals surface area contributed by atoms with Gasteiger partial charge in [-0.1, -0.05) is 30.3 Å². The van der Waals surface area contributed by atoms with Gasteiger partial charge in [0.25, 0.3) is 0 Å². The molecule has 2 aliphatic heterocycles. The second kappa shape index (κ2) is 10.4. The van der Waals surface area contributed by atoms with Crippen molar-refractivity contribution in [3.05, 3.63) is 76.0 Å². The van der Waals surface area contributed by atoms with Crippen molar-refractivity contribution in [2.45, 2.75) is 39.0 Å². The molecule has 8 heteroatoms. The topological polar surface area (TPSA) is 88.3 Å². The van der Waals surface area contributed by atoms with E-state index in [1.165, 1.54) is 55.0 Å². The fourth-order valence-corrected chi connectivity index (χ4v) is 6.30. The lowest BCUT2D eigenvalue weighted by Crippen LogP contribution is -2.33. The van der Waals surface area contributed by atoms with Crippen molar-refractivity contribution in [2.24, 2.45) is 11.1 Å². The maximum Gasteiger partial charge on any atom is 0.120 e. The molecule has 1 aromatic carbocycles. The molecule has 4 heterocycles. The molecule has 0 bridgehead atoms. The number of aromatic amines is 1. The number of nitrogens with one attached hydrogen (secondary N) is 2. The zero-order chi connectivity index (χ0) is 23.4. The molecule has 7 nitrogen and oxygen atoms in total. The van der Waals surface area contributed by atoms with Crippen LogP contribution in [0, 0.1) is 10.8 Å². The summed E-state index contributed by atoms with van der Waals surface area (Å²) in [4.78, 5) is 16.4. The van der Waals surface area contributed by atoms with Gasteiger partial charge in [0, 0.05) is 50.0 Å². The molecule has 0 amide bonds. The van der Waals surface area contributed by atoms with Crippen LogP contribution in [0.3, 0.4) is 0 Å². The van der Waals surface area contributed by atoms with Crippen molar-refractivity contribution >= 4 is 17.2 Å². The van der Waals surface area contributed by atoms with Gasteiger partial charge in [0.05, 0.1) is 13.1 Å². The van der Waals surface area contributed by atoms with Gasteiger partial charge in [-0.15, -0.1) is 11.3 Å². The number of thiophene rings is 1. The standard InChI is InChI=1S/C26H35N7S/c27-24(28)17-33(18-25-29-9-10-30-25)15-22-5-3-21(4-6-22)14-31-11-7-26(19-31)8-12-32(20-26)16-23-2-1-13-34-23/h1-6,9-10,13H,7-8,11-12,14-20H2,(H3,27,28)(H,29,30). The van der Waals surface area contributed by atoms with Crippen molar-refractivity contribution < 1.29 is 0 Å². The number of benzene rings is 1. The summed E-state index contributed by atoms with van der Waals surface area (Å²) in [5.74, 6) is 1.06. The summed E-state index contributed by atoms with van der Waals surface area (Å²) in [6, 6.07) is 13.4. The van der Waals surface area contributed by atoms with Gasteiger partial charge in [-0.3, -0.25) is 20.1 Å². The van der Waals surface area contributed by atoms with Crippen LogP contribution in [-0.2, 0) is 26.2 Å². The molecule has 3 aromatic rings. The fraction of sp³-hybridized carbons (Fsp3) is 0.462. The third kappa shape index (κ3) is 5.93. The number of hydrogen-bond acceptors (Lipinski definition) is 6. The SMILES string of the molecule is N=C(N)CN(Cc1ccc(CN2CCC3(CCN(Cc4cccs4)C3)C2)cc1)Cc1ncc[nH]1. The number of hydrogen-bond donors (Lipinski definition) is 3. The second-order valence-corrected chi connectivity index (χ2v) is 11.1. The monoisotopic (exact) mass is 477 g/mol. The van der Waals surface area contributed by atoms with Crippen LogP contribution >= 0.6 is 11.3 Å². The number of amidine groups is 1. The molecule has 34 heavy (non-hydrogen) atoms. The summed E-state index contributed by atoms with van der Waals surface area (Å²) >= 11 is 1.87. The number of nitrogens with two attached hydrogens (primary N) is 1. The van der Waals surface area contributed by atoms with E-state index in [1.807, 2.05) is 17.5 Å². The molecular formula is C26H35N7S. The molecular weight excluding hydrogens is 442 g/mol. The summed E-state index contributed by atoms with van der Waals surface area (Å²) in [7, 11) is 0. The first kappa shape index (κ1) is 23.2. The molecule has 2 aliphatic rings. The number of rotatable bonds is 10. The summed E-state index contributed by atoms with van der Waals surface area (Å²) in [6.07, 6.45) is 6.23. The van der Waals surface area contributed by atoms with Crippen LogP contribution in [0.1, 0.15) is 34.7 Å². The molecule has 4 N–H and O–H groups in total. The Morgan fingerprint density at radius 3 is 2.44 bits per heavy atom. The van der Waals surface area contributed by atoms with Crippen LogP contribution in [0.25, 0.3) is 0 Å². The third-order valence-electron chi connectivity index (χ3n) is 7.15. The van der Waals surface area contributed by atoms with Gasteiger partial charge in [-0.2, -0.15) is 0 Å². The Kier molecular flexibility index (Phi) is 7.10. The maximum atomic E-state index is 7.71. The summed E-state index contributed by atoms with van der Waals surface area (Å²) in [6.45, 7) is 8.84.